The van der Waals surface area contributed by atoms with Crippen LogP contribution in [0.15, 0.2) is 50.6 Å². The van der Waals surface area contributed by atoms with Crippen LogP contribution >= 0.6 is 0 Å². The highest BCUT2D eigenvalue weighted by Crippen LogP contribution is 2.36. The maximum Gasteiger partial charge on any atom is 0.0347 e. The van der Waals surface area contributed by atoms with E-state index in [1.165, 1.54) is 0 Å². The van der Waals surface area contributed by atoms with Crippen molar-refractivity contribution in [1.29, 1.82) is 0 Å². The molecule has 0 aromatic carbocycles. The standard InChI is InChI=1S/C13H19N/c1-6-10-11(7-2)13(9-4)14(5)12(10)8-3/h6-13H,1-4H2,5H3. The molecule has 1 heterocycles. The van der Waals surface area contributed by atoms with Crippen LogP contribution in [0.3, 0.4) is 0 Å². The van der Waals surface area contributed by atoms with Crippen molar-refractivity contribution >= 4 is 0 Å². The van der Waals surface area contributed by atoms with Crippen LogP contribution in [0.2, 0.25) is 0 Å². The van der Waals surface area contributed by atoms with Gasteiger partial charge in [-0.3, -0.25) is 4.90 Å². The maximum absolute atomic E-state index is 3.89. The summed E-state index contributed by atoms with van der Waals surface area (Å²) in [5.74, 6) is 0.802. The molecular formula is C13H19N. The zero-order valence-corrected chi connectivity index (χ0v) is 8.89. The third kappa shape index (κ3) is 1.48. The minimum atomic E-state index is 0.346. The topological polar surface area (TPSA) is 3.24 Å². The molecule has 14 heavy (non-hydrogen) atoms. The van der Waals surface area contributed by atoms with E-state index in [0.29, 0.717) is 23.9 Å². The molecule has 1 saturated heterocycles. The van der Waals surface area contributed by atoms with Crippen molar-refractivity contribution in [2.45, 2.75) is 12.1 Å². The van der Waals surface area contributed by atoms with Crippen molar-refractivity contribution in [3.8, 4) is 0 Å². The molecule has 0 amide bonds. The smallest absolute Gasteiger partial charge is 0.0347 e. The molecule has 76 valence electrons. The van der Waals surface area contributed by atoms with Gasteiger partial charge < -0.3 is 0 Å². The summed E-state index contributed by atoms with van der Waals surface area (Å²) < 4.78 is 0. The number of nitrogens with zero attached hydrogens (tertiary/aromatic N) is 1. The molecule has 1 nitrogen and oxygen atoms in total. The van der Waals surface area contributed by atoms with Crippen LogP contribution in [0.5, 0.6) is 0 Å². The van der Waals surface area contributed by atoms with Gasteiger partial charge in [0.1, 0.15) is 0 Å². The van der Waals surface area contributed by atoms with E-state index >= 15 is 0 Å². The quantitative estimate of drug-likeness (QED) is 0.614. The molecule has 0 N–H and O–H groups in total. The van der Waals surface area contributed by atoms with Crippen molar-refractivity contribution < 1.29 is 0 Å². The van der Waals surface area contributed by atoms with Gasteiger partial charge in [0.15, 0.2) is 0 Å². The molecule has 1 aliphatic heterocycles. The fourth-order valence-electron chi connectivity index (χ4n) is 2.44. The monoisotopic (exact) mass is 189 g/mol. The van der Waals surface area contributed by atoms with Crippen LogP contribution < -0.4 is 0 Å². The van der Waals surface area contributed by atoms with Gasteiger partial charge in [0.2, 0.25) is 0 Å². The molecule has 0 aliphatic carbocycles. The molecule has 0 radical (unpaired) electrons. The van der Waals surface area contributed by atoms with E-state index < -0.39 is 0 Å². The summed E-state index contributed by atoms with van der Waals surface area (Å²) in [7, 11) is 2.10. The highest BCUT2D eigenvalue weighted by atomic mass is 15.2. The summed E-state index contributed by atoms with van der Waals surface area (Å²) in [6, 6.07) is 0.692. The van der Waals surface area contributed by atoms with E-state index in [9.17, 15) is 0 Å². The maximum atomic E-state index is 3.89. The Morgan fingerprint density at radius 2 is 1.14 bits per heavy atom. The summed E-state index contributed by atoms with van der Waals surface area (Å²) in [5, 5.41) is 0. The first-order valence-electron chi connectivity index (χ1n) is 4.93. The van der Waals surface area contributed by atoms with E-state index in [2.05, 4.69) is 38.3 Å². The van der Waals surface area contributed by atoms with Crippen LogP contribution in [-0.4, -0.2) is 24.0 Å². The number of likely N-dealkylation sites (tertiary alicyclic amines) is 1. The molecule has 1 rings (SSSR count). The summed E-state index contributed by atoms with van der Waals surface area (Å²) in [5.41, 5.74) is 0. The average Bonchev–Trinajstić information content (AvgIpc) is 2.48. The van der Waals surface area contributed by atoms with Crippen LogP contribution in [-0.2, 0) is 0 Å². The lowest BCUT2D eigenvalue weighted by Crippen LogP contribution is -2.31. The van der Waals surface area contributed by atoms with Crippen LogP contribution in [0.1, 0.15) is 0 Å². The molecule has 0 spiro atoms. The fraction of sp³-hybridized carbons (Fsp3) is 0.385. The summed E-state index contributed by atoms with van der Waals surface area (Å²) in [6.45, 7) is 15.5. The van der Waals surface area contributed by atoms with Crippen LogP contribution in [0.25, 0.3) is 0 Å². The molecule has 1 fully saturated rings. The fourth-order valence-corrected chi connectivity index (χ4v) is 2.44. The Hall–Kier alpha value is -1.08. The van der Waals surface area contributed by atoms with Gasteiger partial charge in [-0.1, -0.05) is 24.3 Å². The van der Waals surface area contributed by atoms with Crippen LogP contribution in [0.4, 0.5) is 0 Å². The van der Waals surface area contributed by atoms with Gasteiger partial charge in [0, 0.05) is 23.9 Å². The summed E-state index contributed by atoms with van der Waals surface area (Å²) >= 11 is 0. The summed E-state index contributed by atoms with van der Waals surface area (Å²) in [6.07, 6.45) is 7.95. The van der Waals surface area contributed by atoms with Crippen LogP contribution in [0, 0.1) is 11.8 Å². The summed E-state index contributed by atoms with van der Waals surface area (Å²) in [4.78, 5) is 2.28. The second-order valence-corrected chi connectivity index (χ2v) is 3.74. The molecule has 4 atom stereocenters. The largest absolute Gasteiger partial charge is 0.292 e. The molecule has 4 unspecified atom stereocenters. The van der Waals surface area contributed by atoms with E-state index in [1.54, 1.807) is 0 Å². The first-order valence-corrected chi connectivity index (χ1v) is 4.93. The molecule has 1 heteroatoms. The number of rotatable bonds is 4. The third-order valence-electron chi connectivity index (χ3n) is 3.20. The van der Waals surface area contributed by atoms with E-state index in [-0.39, 0.29) is 0 Å². The van der Waals surface area contributed by atoms with Gasteiger partial charge in [-0.15, -0.1) is 26.3 Å². The van der Waals surface area contributed by atoms with Crippen molar-refractivity contribution in [2.24, 2.45) is 11.8 Å². The zero-order chi connectivity index (χ0) is 10.7. The highest BCUT2D eigenvalue weighted by molar-refractivity contribution is 5.17. The molecular weight excluding hydrogens is 170 g/mol. The van der Waals surface area contributed by atoms with Crippen molar-refractivity contribution in [3.63, 3.8) is 0 Å². The normalized spacial score (nSPS) is 37.8. The van der Waals surface area contributed by atoms with Crippen molar-refractivity contribution in [3.05, 3.63) is 50.6 Å². The number of likely N-dealkylation sites (N-methyl/N-ethyl adjacent to an activating group) is 1. The number of hydrogen-bond donors (Lipinski definition) is 0. The van der Waals surface area contributed by atoms with Gasteiger partial charge >= 0.3 is 0 Å². The average molecular weight is 189 g/mol. The zero-order valence-electron chi connectivity index (χ0n) is 8.89. The minimum Gasteiger partial charge on any atom is -0.292 e. The highest BCUT2D eigenvalue weighted by Gasteiger charge is 2.40. The predicted molar refractivity (Wildman–Crippen MR) is 63.1 cm³/mol. The van der Waals surface area contributed by atoms with Crippen molar-refractivity contribution in [2.75, 3.05) is 7.05 Å². The Bertz CT molecular complexity index is 228. The SMILES string of the molecule is C=CC1C(C=C)C(C=C)N(C)C1C=C. The van der Waals surface area contributed by atoms with E-state index in [1.807, 2.05) is 24.3 Å². The van der Waals surface area contributed by atoms with Gasteiger partial charge in [-0.05, 0) is 7.05 Å². The molecule has 0 saturated carbocycles. The van der Waals surface area contributed by atoms with Gasteiger partial charge in [-0.25, -0.2) is 0 Å². The van der Waals surface area contributed by atoms with Gasteiger partial charge in [0.25, 0.3) is 0 Å². The Labute approximate surface area is 87.1 Å². The second kappa shape index (κ2) is 4.43. The molecule has 0 aromatic rings. The van der Waals surface area contributed by atoms with E-state index in [0.717, 1.165) is 0 Å². The van der Waals surface area contributed by atoms with E-state index in [4.69, 9.17) is 0 Å². The Kier molecular flexibility index (Phi) is 3.48. The molecule has 0 aromatic heterocycles. The lowest BCUT2D eigenvalue weighted by atomic mass is 9.87. The first kappa shape index (κ1) is 11.0. The Morgan fingerprint density at radius 3 is 1.36 bits per heavy atom. The molecule has 1 aliphatic rings. The lowest BCUT2D eigenvalue weighted by molar-refractivity contribution is 0.294. The van der Waals surface area contributed by atoms with Gasteiger partial charge in [-0.2, -0.15) is 0 Å². The van der Waals surface area contributed by atoms with Gasteiger partial charge in [0.05, 0.1) is 0 Å². The Balaban J connectivity index is 3.03. The third-order valence-corrected chi connectivity index (χ3v) is 3.20. The number of hydrogen-bond acceptors (Lipinski definition) is 1. The molecule has 0 bridgehead atoms. The predicted octanol–water partition coefficient (Wildman–Crippen LogP) is 2.65. The second-order valence-electron chi connectivity index (χ2n) is 3.74. The minimum absolute atomic E-state index is 0.346. The Morgan fingerprint density at radius 1 is 0.786 bits per heavy atom. The lowest BCUT2D eigenvalue weighted by Gasteiger charge is -2.22. The first-order chi connectivity index (χ1) is 6.71. The van der Waals surface area contributed by atoms with Crippen molar-refractivity contribution in [1.82, 2.24) is 4.90 Å².